The van der Waals surface area contributed by atoms with Gasteiger partial charge >= 0.3 is 0 Å². The molecular weight excluding hydrogens is 146 g/mol. The Hall–Kier alpha value is -0.0400. The molecule has 0 amide bonds. The monoisotopic (exact) mass is 170 g/mol. The number of likely N-dealkylation sites (tertiary alicyclic amines) is 1. The second-order valence-electron chi connectivity index (χ2n) is 4.36. The number of hydrogen-bond donors (Lipinski definition) is 0. The largest absolute Gasteiger partial charge is 0.320 e. The van der Waals surface area contributed by atoms with Crippen LogP contribution in [-0.2, 0) is 0 Å². The van der Waals surface area contributed by atoms with Gasteiger partial charge in [0.25, 0.3) is 0 Å². The first kappa shape index (κ1) is 10.0. The molecule has 1 aliphatic rings. The normalized spacial score (nSPS) is 35.0. The maximum Gasteiger partial charge on any atom is 0.0863 e. The summed E-state index contributed by atoms with van der Waals surface area (Å²) in [6, 6.07) is 1.78. The quantitative estimate of drug-likeness (QED) is 0.559. The molecule has 1 heteroatoms. The van der Waals surface area contributed by atoms with Crippen LogP contribution in [0.1, 0.15) is 47.0 Å². The third-order valence-electron chi connectivity index (χ3n) is 4.18. The molecule has 0 spiro atoms. The van der Waals surface area contributed by atoms with Crippen LogP contribution >= 0.6 is 0 Å². The summed E-state index contributed by atoms with van der Waals surface area (Å²) in [6.07, 6.45) is 4.32. The molecule has 0 N–H and O–H groups in total. The zero-order chi connectivity index (χ0) is 9.19. The van der Waals surface area contributed by atoms with Gasteiger partial charge in [-0.3, -0.25) is 0 Å². The summed E-state index contributed by atoms with van der Waals surface area (Å²) in [5.41, 5.74) is 0. The van der Waals surface area contributed by atoms with E-state index in [1.807, 2.05) is 0 Å². The number of nitrogens with zero attached hydrogens (tertiary/aromatic N) is 1. The first-order valence-corrected chi connectivity index (χ1v) is 5.53. The van der Waals surface area contributed by atoms with Gasteiger partial charge in [-0.2, -0.15) is 0 Å². The van der Waals surface area contributed by atoms with Gasteiger partial charge in [0.2, 0.25) is 0 Å². The third-order valence-corrected chi connectivity index (χ3v) is 4.18. The minimum atomic E-state index is 0.892. The van der Waals surface area contributed by atoms with E-state index >= 15 is 0 Å². The fourth-order valence-electron chi connectivity index (χ4n) is 3.13. The molecule has 2 atom stereocenters. The van der Waals surface area contributed by atoms with Crippen LogP contribution in [0, 0.1) is 0 Å². The van der Waals surface area contributed by atoms with E-state index in [-0.39, 0.29) is 0 Å². The predicted molar refractivity (Wildman–Crippen MR) is 54.1 cm³/mol. The van der Waals surface area contributed by atoms with E-state index in [1.165, 1.54) is 36.8 Å². The van der Waals surface area contributed by atoms with Crippen LogP contribution in [-0.4, -0.2) is 29.7 Å². The molecule has 1 saturated heterocycles. The average molecular weight is 170 g/mol. The molecule has 72 valence electrons. The molecule has 1 rings (SSSR count). The van der Waals surface area contributed by atoms with Gasteiger partial charge in [-0.1, -0.05) is 0 Å². The molecule has 0 saturated carbocycles. The Morgan fingerprint density at radius 2 is 1.42 bits per heavy atom. The third kappa shape index (κ3) is 1.39. The minimum absolute atomic E-state index is 0.892. The van der Waals surface area contributed by atoms with Gasteiger partial charge in [0.15, 0.2) is 0 Å². The highest BCUT2D eigenvalue weighted by molar-refractivity contribution is 4.67. The molecule has 1 heterocycles. The molecule has 1 aliphatic heterocycles. The van der Waals surface area contributed by atoms with Gasteiger partial charge in [-0.25, -0.2) is 0 Å². The van der Waals surface area contributed by atoms with Gasteiger partial charge in [-0.15, -0.1) is 0 Å². The van der Waals surface area contributed by atoms with E-state index in [9.17, 15) is 0 Å². The Morgan fingerprint density at radius 3 is 1.67 bits per heavy atom. The Labute approximate surface area is 77.4 Å². The summed E-state index contributed by atoms with van der Waals surface area (Å²) in [6.45, 7) is 12.2. The molecule has 0 aromatic heterocycles. The van der Waals surface area contributed by atoms with Crippen molar-refractivity contribution >= 4 is 0 Å². The van der Waals surface area contributed by atoms with E-state index in [0.717, 1.165) is 12.1 Å². The van der Waals surface area contributed by atoms with E-state index in [0.29, 0.717) is 0 Å². The van der Waals surface area contributed by atoms with Crippen LogP contribution in [0.3, 0.4) is 0 Å². The lowest BCUT2D eigenvalue weighted by atomic mass is 9.93. The van der Waals surface area contributed by atoms with Crippen LogP contribution in [0.15, 0.2) is 0 Å². The van der Waals surface area contributed by atoms with Crippen LogP contribution in [0.5, 0.6) is 0 Å². The lowest BCUT2D eigenvalue weighted by Crippen LogP contribution is -2.61. The summed E-state index contributed by atoms with van der Waals surface area (Å²) < 4.78 is 1.36. The summed E-state index contributed by atoms with van der Waals surface area (Å²) in [4.78, 5) is 0. The topological polar surface area (TPSA) is 0 Å². The molecular formula is C11H24N+. The SMILES string of the molecule is CC[N+]1(CC)[C@@H](C)CCC[C@@H]1C. The summed E-state index contributed by atoms with van der Waals surface area (Å²) in [7, 11) is 0. The van der Waals surface area contributed by atoms with Crippen molar-refractivity contribution in [2.75, 3.05) is 13.1 Å². The smallest absolute Gasteiger partial charge is 0.0863 e. The zero-order valence-corrected chi connectivity index (χ0v) is 9.14. The maximum atomic E-state index is 2.43. The number of hydrogen-bond acceptors (Lipinski definition) is 0. The molecule has 1 fully saturated rings. The highest BCUT2D eigenvalue weighted by Crippen LogP contribution is 2.30. The van der Waals surface area contributed by atoms with Crippen LogP contribution in [0.25, 0.3) is 0 Å². The van der Waals surface area contributed by atoms with Gasteiger partial charge in [0.1, 0.15) is 0 Å². The number of quaternary nitrogens is 1. The van der Waals surface area contributed by atoms with E-state index < -0.39 is 0 Å². The Kier molecular flexibility index (Phi) is 3.16. The first-order valence-electron chi connectivity index (χ1n) is 5.53. The maximum absolute atomic E-state index is 2.43. The van der Waals surface area contributed by atoms with Crippen molar-refractivity contribution in [1.29, 1.82) is 0 Å². The van der Waals surface area contributed by atoms with Crippen LogP contribution < -0.4 is 0 Å². The van der Waals surface area contributed by atoms with Crippen molar-refractivity contribution in [3.8, 4) is 0 Å². The summed E-state index contributed by atoms with van der Waals surface area (Å²) in [5.74, 6) is 0. The first-order chi connectivity index (χ1) is 5.67. The van der Waals surface area contributed by atoms with Crippen LogP contribution in [0.4, 0.5) is 0 Å². The fourth-order valence-corrected chi connectivity index (χ4v) is 3.13. The molecule has 0 radical (unpaired) electrons. The van der Waals surface area contributed by atoms with Gasteiger partial charge in [0.05, 0.1) is 25.2 Å². The van der Waals surface area contributed by atoms with Crippen molar-refractivity contribution < 1.29 is 4.48 Å². The molecule has 1 nitrogen and oxygen atoms in total. The molecule has 0 aromatic carbocycles. The fraction of sp³-hybridized carbons (Fsp3) is 1.00. The summed E-state index contributed by atoms with van der Waals surface area (Å²) >= 11 is 0. The van der Waals surface area contributed by atoms with Gasteiger partial charge in [-0.05, 0) is 47.0 Å². The molecule has 12 heavy (non-hydrogen) atoms. The Balaban J connectivity index is 2.77. The highest BCUT2D eigenvalue weighted by Gasteiger charge is 2.38. The molecule has 0 aromatic rings. The van der Waals surface area contributed by atoms with Crippen molar-refractivity contribution in [2.24, 2.45) is 0 Å². The second kappa shape index (κ2) is 3.78. The van der Waals surface area contributed by atoms with E-state index in [1.54, 1.807) is 0 Å². The lowest BCUT2D eigenvalue weighted by molar-refractivity contribution is -0.972. The number of piperidine rings is 1. The standard InChI is InChI=1S/C11H24N/c1-5-12(6-2)10(3)8-7-9-11(12)4/h10-11H,5-9H2,1-4H3/q+1/t10-,11-/m0/s1. The van der Waals surface area contributed by atoms with E-state index in [2.05, 4.69) is 27.7 Å². The average Bonchev–Trinajstić information content (AvgIpc) is 2.06. The Bertz CT molecular complexity index is 126. The van der Waals surface area contributed by atoms with Crippen molar-refractivity contribution in [1.82, 2.24) is 0 Å². The van der Waals surface area contributed by atoms with Gasteiger partial charge < -0.3 is 4.48 Å². The lowest BCUT2D eigenvalue weighted by Gasteiger charge is -2.50. The second-order valence-corrected chi connectivity index (χ2v) is 4.36. The van der Waals surface area contributed by atoms with Gasteiger partial charge in [0, 0.05) is 0 Å². The highest BCUT2D eigenvalue weighted by atomic mass is 15.4. The molecule has 0 bridgehead atoms. The van der Waals surface area contributed by atoms with Crippen molar-refractivity contribution in [3.63, 3.8) is 0 Å². The summed E-state index contributed by atoms with van der Waals surface area (Å²) in [5, 5.41) is 0. The minimum Gasteiger partial charge on any atom is -0.320 e. The predicted octanol–water partition coefficient (Wildman–Crippen LogP) is 2.80. The zero-order valence-electron chi connectivity index (χ0n) is 9.14. The molecule has 0 aliphatic carbocycles. The van der Waals surface area contributed by atoms with Crippen molar-refractivity contribution in [2.45, 2.75) is 59.0 Å². The Morgan fingerprint density at radius 1 is 1.00 bits per heavy atom. The van der Waals surface area contributed by atoms with Crippen LogP contribution in [0.2, 0.25) is 0 Å². The number of rotatable bonds is 2. The van der Waals surface area contributed by atoms with E-state index in [4.69, 9.17) is 0 Å². The molecule has 0 unspecified atom stereocenters. The van der Waals surface area contributed by atoms with Crippen molar-refractivity contribution in [3.05, 3.63) is 0 Å².